The molecule has 2 rings (SSSR count). The van der Waals surface area contributed by atoms with Gasteiger partial charge in [0.05, 0.1) is 17.8 Å². The van der Waals surface area contributed by atoms with E-state index in [0.717, 1.165) is 5.75 Å². The van der Waals surface area contributed by atoms with Crippen LogP contribution in [-0.2, 0) is 4.79 Å². The normalized spacial score (nSPS) is 29.3. The van der Waals surface area contributed by atoms with Crippen LogP contribution >= 0.6 is 11.8 Å². The number of rotatable bonds is 5. The number of fused-ring (bicyclic) bond motifs is 1. The van der Waals surface area contributed by atoms with Crippen molar-refractivity contribution in [1.82, 2.24) is 10.6 Å². The van der Waals surface area contributed by atoms with E-state index in [4.69, 9.17) is 15.9 Å². The minimum Gasteiger partial charge on any atom is -0.476 e. The molecule has 7 nitrogen and oxygen atoms in total. The number of carbonyl (C=O) groups excluding carboxylic acids is 1. The van der Waals surface area contributed by atoms with Crippen molar-refractivity contribution in [2.45, 2.75) is 30.2 Å². The Kier molecular flexibility index (Phi) is 3.55. The van der Waals surface area contributed by atoms with Gasteiger partial charge in [0.1, 0.15) is 0 Å². The van der Waals surface area contributed by atoms with Crippen molar-refractivity contribution in [3.05, 3.63) is 0 Å². The van der Waals surface area contributed by atoms with E-state index in [1.165, 1.54) is 0 Å². The number of aliphatic carboxylic acids is 1. The van der Waals surface area contributed by atoms with Crippen LogP contribution in [0.15, 0.2) is 0 Å². The molecule has 0 aromatic rings. The van der Waals surface area contributed by atoms with Gasteiger partial charge >= 0.3 is 12.0 Å². The highest BCUT2D eigenvalue weighted by atomic mass is 32.2. The molecule has 3 atom stereocenters. The Hall–Kier alpha value is -1.57. The summed E-state index contributed by atoms with van der Waals surface area (Å²) in [5.41, 5.74) is -0.813. The molecule has 0 bridgehead atoms. The molecule has 2 amide bonds. The molecule has 2 saturated heterocycles. The zero-order chi connectivity index (χ0) is 13.3. The molecule has 0 aromatic heterocycles. The zero-order valence-electron chi connectivity index (χ0n) is 9.53. The summed E-state index contributed by atoms with van der Waals surface area (Å²) in [5.74, 6) is -0.537. The Morgan fingerprint density at radius 1 is 1.44 bits per heavy atom. The first-order valence-electron chi connectivity index (χ1n) is 5.57. The molecular formula is C10H14N4O3S. The third-order valence-corrected chi connectivity index (χ3v) is 4.64. The SMILES string of the molecule is N=C(CC[C@@H]1SC[C@@H]2NC(=O)N[C@@H]21)C(=N)C(=O)O. The van der Waals surface area contributed by atoms with Crippen LogP contribution in [0.25, 0.3) is 0 Å². The highest BCUT2D eigenvalue weighted by Gasteiger charge is 2.42. The first kappa shape index (κ1) is 12.9. The number of amides is 2. The maximum Gasteiger partial charge on any atom is 0.355 e. The second-order valence-corrected chi connectivity index (χ2v) is 5.59. The predicted molar refractivity (Wildman–Crippen MR) is 67.8 cm³/mol. The van der Waals surface area contributed by atoms with E-state index in [-0.39, 0.29) is 35.5 Å². The van der Waals surface area contributed by atoms with Crippen molar-refractivity contribution in [2.75, 3.05) is 5.75 Å². The highest BCUT2D eigenvalue weighted by Crippen LogP contribution is 2.32. The van der Waals surface area contributed by atoms with Gasteiger partial charge in [-0.3, -0.25) is 5.41 Å². The summed E-state index contributed by atoms with van der Waals surface area (Å²) in [4.78, 5) is 21.7. The zero-order valence-corrected chi connectivity index (χ0v) is 10.3. The summed E-state index contributed by atoms with van der Waals surface area (Å²) in [5, 5.41) is 29.1. The molecular weight excluding hydrogens is 256 g/mol. The lowest BCUT2D eigenvalue weighted by atomic mass is 10.0. The Morgan fingerprint density at radius 3 is 2.83 bits per heavy atom. The molecule has 0 aliphatic carbocycles. The van der Waals surface area contributed by atoms with Crippen LogP contribution in [0.5, 0.6) is 0 Å². The van der Waals surface area contributed by atoms with Crippen molar-refractivity contribution in [3.8, 4) is 0 Å². The molecule has 0 aromatic carbocycles. The fourth-order valence-corrected chi connectivity index (χ4v) is 3.68. The number of urea groups is 1. The van der Waals surface area contributed by atoms with Crippen LogP contribution < -0.4 is 10.6 Å². The smallest absolute Gasteiger partial charge is 0.355 e. The lowest BCUT2D eigenvalue weighted by molar-refractivity contribution is -0.129. The van der Waals surface area contributed by atoms with Gasteiger partial charge in [0.25, 0.3) is 0 Å². The van der Waals surface area contributed by atoms with E-state index in [1.807, 2.05) is 0 Å². The number of carboxylic acid groups (broad SMARTS) is 1. The van der Waals surface area contributed by atoms with Crippen LogP contribution in [0.1, 0.15) is 12.8 Å². The first-order chi connectivity index (χ1) is 8.49. The maximum atomic E-state index is 11.2. The van der Waals surface area contributed by atoms with Gasteiger partial charge in [0.15, 0.2) is 5.71 Å². The van der Waals surface area contributed by atoms with Gasteiger partial charge in [-0.15, -0.1) is 0 Å². The highest BCUT2D eigenvalue weighted by molar-refractivity contribution is 8.00. The number of carboxylic acids is 1. The Bertz CT molecular complexity index is 425. The van der Waals surface area contributed by atoms with Gasteiger partial charge < -0.3 is 21.1 Å². The van der Waals surface area contributed by atoms with E-state index in [0.29, 0.717) is 6.42 Å². The molecule has 0 radical (unpaired) electrons. The van der Waals surface area contributed by atoms with E-state index in [2.05, 4.69) is 10.6 Å². The molecule has 0 spiro atoms. The number of thioether (sulfide) groups is 1. The molecule has 18 heavy (non-hydrogen) atoms. The number of hydrogen-bond donors (Lipinski definition) is 5. The van der Waals surface area contributed by atoms with Crippen LogP contribution in [0, 0.1) is 10.8 Å². The van der Waals surface area contributed by atoms with Crippen molar-refractivity contribution in [3.63, 3.8) is 0 Å². The topological polar surface area (TPSA) is 126 Å². The Labute approximate surface area is 108 Å². The van der Waals surface area contributed by atoms with Crippen LogP contribution in [-0.4, -0.2) is 51.6 Å². The van der Waals surface area contributed by atoms with Gasteiger partial charge in [-0.05, 0) is 12.8 Å². The third-order valence-electron chi connectivity index (χ3n) is 3.13. The summed E-state index contributed by atoms with van der Waals surface area (Å²) < 4.78 is 0. The van der Waals surface area contributed by atoms with Crippen LogP contribution in [0.4, 0.5) is 4.79 Å². The largest absolute Gasteiger partial charge is 0.476 e. The molecule has 2 aliphatic rings. The molecule has 8 heteroatoms. The summed E-state index contributed by atoms with van der Waals surface area (Å²) in [6.07, 6.45) is 0.851. The lowest BCUT2D eigenvalue weighted by Crippen LogP contribution is -2.37. The van der Waals surface area contributed by atoms with E-state index < -0.39 is 11.7 Å². The van der Waals surface area contributed by atoms with Crippen molar-refractivity contribution in [2.24, 2.45) is 0 Å². The monoisotopic (exact) mass is 270 g/mol. The number of hydrogen-bond acceptors (Lipinski definition) is 5. The van der Waals surface area contributed by atoms with Gasteiger partial charge in [-0.1, -0.05) is 0 Å². The quantitative estimate of drug-likeness (QED) is 0.357. The van der Waals surface area contributed by atoms with Crippen molar-refractivity contribution < 1.29 is 14.7 Å². The lowest BCUT2D eigenvalue weighted by Gasteiger charge is -2.16. The van der Waals surface area contributed by atoms with Gasteiger partial charge in [-0.2, -0.15) is 11.8 Å². The minimum absolute atomic E-state index is 0.0503. The molecule has 5 N–H and O–H groups in total. The fourth-order valence-electron chi connectivity index (χ4n) is 2.18. The predicted octanol–water partition coefficient (Wildman–Crippen LogP) is 0.0561. The van der Waals surface area contributed by atoms with E-state index >= 15 is 0 Å². The number of carbonyl (C=O) groups is 2. The van der Waals surface area contributed by atoms with Gasteiger partial charge in [0, 0.05) is 11.0 Å². The fraction of sp³-hybridized carbons (Fsp3) is 0.600. The van der Waals surface area contributed by atoms with E-state index in [9.17, 15) is 9.59 Å². The summed E-state index contributed by atoms with van der Waals surface area (Å²) in [6.45, 7) is 0. The molecule has 0 saturated carbocycles. The van der Waals surface area contributed by atoms with Crippen molar-refractivity contribution in [1.29, 1.82) is 10.8 Å². The Morgan fingerprint density at radius 2 is 2.17 bits per heavy atom. The van der Waals surface area contributed by atoms with Crippen molar-refractivity contribution >= 4 is 35.2 Å². The first-order valence-corrected chi connectivity index (χ1v) is 6.62. The molecule has 0 unspecified atom stereocenters. The van der Waals surface area contributed by atoms with E-state index in [1.54, 1.807) is 11.8 Å². The third kappa shape index (κ3) is 2.47. The molecule has 2 aliphatic heterocycles. The minimum atomic E-state index is -1.37. The van der Waals surface area contributed by atoms with Crippen LogP contribution in [0.2, 0.25) is 0 Å². The summed E-state index contributed by atoms with van der Waals surface area (Å²) in [6, 6.07) is 0.0126. The second kappa shape index (κ2) is 4.97. The van der Waals surface area contributed by atoms with Gasteiger partial charge in [0.2, 0.25) is 0 Å². The molecule has 2 fully saturated rings. The Balaban J connectivity index is 1.84. The van der Waals surface area contributed by atoms with Gasteiger partial charge in [-0.25, -0.2) is 9.59 Å². The second-order valence-electron chi connectivity index (χ2n) is 4.32. The maximum absolute atomic E-state index is 11.2. The molecule has 98 valence electrons. The standard InChI is InChI=1S/C10H14N4O3S/c11-4(7(12)9(15)16)1-2-6-8-5(3-18-6)13-10(17)14-8/h5-6,8,11-12H,1-3H2,(H,15,16)(H2,13,14,17)/t5-,6-,8-/m0/s1. The average Bonchev–Trinajstić information content (AvgIpc) is 2.84. The molecule has 2 heterocycles. The summed E-state index contributed by atoms with van der Waals surface area (Å²) in [7, 11) is 0. The summed E-state index contributed by atoms with van der Waals surface area (Å²) >= 11 is 1.71. The number of nitrogens with one attached hydrogen (secondary N) is 4. The average molecular weight is 270 g/mol. The van der Waals surface area contributed by atoms with Crippen LogP contribution in [0.3, 0.4) is 0 Å².